The van der Waals surface area contributed by atoms with Gasteiger partial charge in [0.25, 0.3) is 0 Å². The first-order valence-corrected chi connectivity index (χ1v) is 6.10. The Bertz CT molecular complexity index is 397. The summed E-state index contributed by atoms with van der Waals surface area (Å²) in [7, 11) is 0. The summed E-state index contributed by atoms with van der Waals surface area (Å²) < 4.78 is 15.0. The van der Waals surface area contributed by atoms with Crippen LogP contribution in [0.2, 0.25) is 0 Å². The summed E-state index contributed by atoms with van der Waals surface area (Å²) in [4.78, 5) is 11.0. The smallest absolute Gasteiger partial charge is 0.150 e. The molecule has 0 spiro atoms. The Morgan fingerprint density at radius 2 is 2.00 bits per heavy atom. The van der Waals surface area contributed by atoms with Gasteiger partial charge in [-0.25, -0.2) is 4.39 Å². The third-order valence-corrected chi connectivity index (χ3v) is 3.72. The van der Waals surface area contributed by atoms with Crippen molar-refractivity contribution < 1.29 is 9.18 Å². The molecule has 1 N–H and O–H groups in total. The lowest BCUT2D eigenvalue weighted by Crippen LogP contribution is -2.37. The van der Waals surface area contributed by atoms with Crippen LogP contribution >= 0.6 is 0 Å². The summed E-state index contributed by atoms with van der Waals surface area (Å²) >= 11 is 0. The van der Waals surface area contributed by atoms with Crippen LogP contribution in [0.25, 0.3) is 0 Å². The minimum absolute atomic E-state index is 0.00940. The van der Waals surface area contributed by atoms with Crippen LogP contribution in [-0.2, 0) is 5.67 Å². The van der Waals surface area contributed by atoms with Gasteiger partial charge < -0.3 is 5.32 Å². The molecule has 1 atom stereocenters. The van der Waals surface area contributed by atoms with Crippen LogP contribution < -0.4 is 5.32 Å². The Morgan fingerprint density at radius 3 is 2.65 bits per heavy atom. The van der Waals surface area contributed by atoms with Gasteiger partial charge in [0, 0.05) is 5.56 Å². The predicted molar refractivity (Wildman–Crippen MR) is 65.9 cm³/mol. The van der Waals surface area contributed by atoms with E-state index in [4.69, 9.17) is 0 Å². The molecule has 2 rings (SSSR count). The highest BCUT2D eigenvalue weighted by molar-refractivity contribution is 5.77. The first-order valence-electron chi connectivity index (χ1n) is 6.10. The molecular weight excluding hydrogens is 217 g/mol. The molecule has 3 heteroatoms. The monoisotopic (exact) mass is 235 g/mol. The van der Waals surface area contributed by atoms with E-state index in [2.05, 4.69) is 5.32 Å². The number of benzene rings is 1. The molecule has 0 bridgehead atoms. The lowest BCUT2D eigenvalue weighted by molar-refractivity contribution is 0.0757. The van der Waals surface area contributed by atoms with Gasteiger partial charge >= 0.3 is 0 Å². The van der Waals surface area contributed by atoms with Crippen LogP contribution in [-0.4, -0.2) is 19.4 Å². The fourth-order valence-corrected chi connectivity index (χ4v) is 2.63. The number of carbonyl (C=O) groups excluding carboxylic acids is 1. The van der Waals surface area contributed by atoms with Crippen LogP contribution in [0.1, 0.15) is 35.7 Å². The number of nitrogens with one attached hydrogen (secondary N) is 1. The molecule has 1 aromatic rings. The van der Waals surface area contributed by atoms with E-state index >= 15 is 0 Å². The van der Waals surface area contributed by atoms with Crippen LogP contribution in [0.4, 0.5) is 4.39 Å². The molecule has 1 saturated heterocycles. The lowest BCUT2D eigenvalue weighted by atomic mass is 9.77. The number of aldehydes is 1. The third kappa shape index (κ3) is 2.39. The van der Waals surface area contributed by atoms with Crippen molar-refractivity contribution in [3.8, 4) is 0 Å². The molecule has 0 aromatic heterocycles. The number of piperidine rings is 1. The van der Waals surface area contributed by atoms with Crippen molar-refractivity contribution in [3.05, 3.63) is 35.4 Å². The van der Waals surface area contributed by atoms with E-state index in [-0.39, 0.29) is 5.92 Å². The standard InChI is InChI=1S/C14H18FNO/c1-14(15,12-6-8-16-9-7-12)13-5-3-2-4-11(13)10-17/h2-5,10,12,16H,6-9H2,1H3. The minimum atomic E-state index is -1.42. The molecule has 1 aromatic carbocycles. The summed E-state index contributed by atoms with van der Waals surface area (Å²) in [6.07, 6.45) is 2.38. The van der Waals surface area contributed by atoms with Crippen molar-refractivity contribution in [1.82, 2.24) is 5.32 Å². The van der Waals surface area contributed by atoms with Gasteiger partial charge in [-0.3, -0.25) is 4.79 Å². The predicted octanol–water partition coefficient (Wildman–Crippen LogP) is 2.68. The molecule has 0 saturated carbocycles. The second-order valence-corrected chi connectivity index (χ2v) is 4.80. The SMILES string of the molecule is CC(F)(c1ccccc1C=O)C1CCNCC1. The van der Waals surface area contributed by atoms with Crippen LogP contribution in [0.5, 0.6) is 0 Å². The topological polar surface area (TPSA) is 29.1 Å². The Hall–Kier alpha value is -1.22. The Kier molecular flexibility index (Phi) is 3.57. The molecule has 17 heavy (non-hydrogen) atoms. The van der Waals surface area contributed by atoms with Crippen molar-refractivity contribution in [2.24, 2.45) is 5.92 Å². The molecule has 0 aliphatic carbocycles. The molecule has 1 unspecified atom stereocenters. The molecular formula is C14H18FNO. The van der Waals surface area contributed by atoms with Crippen LogP contribution in [0, 0.1) is 5.92 Å². The van der Waals surface area contributed by atoms with Gasteiger partial charge in [0.05, 0.1) is 0 Å². The summed E-state index contributed by atoms with van der Waals surface area (Å²) in [5.41, 5.74) is -0.419. The molecule has 1 fully saturated rings. The van der Waals surface area contributed by atoms with Gasteiger partial charge in [-0.05, 0) is 44.3 Å². The highest BCUT2D eigenvalue weighted by Gasteiger charge is 2.37. The quantitative estimate of drug-likeness (QED) is 0.816. The average Bonchev–Trinajstić information content (AvgIpc) is 2.39. The summed E-state index contributed by atoms with van der Waals surface area (Å²) in [5, 5.41) is 3.23. The maximum atomic E-state index is 15.0. The Morgan fingerprint density at radius 1 is 1.35 bits per heavy atom. The zero-order chi connectivity index (χ0) is 12.3. The molecule has 0 amide bonds. The van der Waals surface area contributed by atoms with E-state index in [1.54, 1.807) is 31.2 Å². The average molecular weight is 235 g/mol. The fourth-order valence-electron chi connectivity index (χ4n) is 2.63. The fraction of sp³-hybridized carbons (Fsp3) is 0.500. The first kappa shape index (κ1) is 12.2. The highest BCUT2D eigenvalue weighted by Crippen LogP contribution is 2.39. The van der Waals surface area contributed by atoms with Crippen molar-refractivity contribution in [1.29, 1.82) is 0 Å². The van der Waals surface area contributed by atoms with E-state index in [1.807, 2.05) is 0 Å². The van der Waals surface area contributed by atoms with Gasteiger partial charge in [-0.15, -0.1) is 0 Å². The van der Waals surface area contributed by atoms with Crippen molar-refractivity contribution in [2.45, 2.75) is 25.4 Å². The van der Waals surface area contributed by atoms with Crippen LogP contribution in [0.15, 0.2) is 24.3 Å². The van der Waals surface area contributed by atoms with Gasteiger partial charge in [0.15, 0.2) is 0 Å². The van der Waals surface area contributed by atoms with Gasteiger partial charge in [-0.2, -0.15) is 0 Å². The molecule has 1 aliphatic heterocycles. The lowest BCUT2D eigenvalue weighted by Gasteiger charge is -2.34. The number of carbonyl (C=O) groups is 1. The van der Waals surface area contributed by atoms with Gasteiger partial charge in [-0.1, -0.05) is 24.3 Å². The van der Waals surface area contributed by atoms with E-state index in [1.165, 1.54) is 0 Å². The second-order valence-electron chi connectivity index (χ2n) is 4.80. The van der Waals surface area contributed by atoms with E-state index in [9.17, 15) is 9.18 Å². The van der Waals surface area contributed by atoms with E-state index in [0.29, 0.717) is 11.1 Å². The third-order valence-electron chi connectivity index (χ3n) is 3.72. The van der Waals surface area contributed by atoms with Gasteiger partial charge in [0.2, 0.25) is 0 Å². The van der Waals surface area contributed by atoms with E-state index < -0.39 is 5.67 Å². The first-order chi connectivity index (χ1) is 8.16. The second kappa shape index (κ2) is 4.96. The van der Waals surface area contributed by atoms with Crippen molar-refractivity contribution >= 4 is 6.29 Å². The molecule has 92 valence electrons. The zero-order valence-corrected chi connectivity index (χ0v) is 10.1. The Labute approximate surface area is 101 Å². The number of hydrogen-bond acceptors (Lipinski definition) is 2. The van der Waals surface area contributed by atoms with Gasteiger partial charge in [0.1, 0.15) is 12.0 Å². The minimum Gasteiger partial charge on any atom is -0.317 e. The maximum absolute atomic E-state index is 15.0. The van der Waals surface area contributed by atoms with E-state index in [0.717, 1.165) is 32.2 Å². The normalized spacial score (nSPS) is 20.8. The largest absolute Gasteiger partial charge is 0.317 e. The molecule has 1 heterocycles. The Balaban J connectivity index is 2.32. The number of halogens is 1. The zero-order valence-electron chi connectivity index (χ0n) is 10.1. The maximum Gasteiger partial charge on any atom is 0.150 e. The number of hydrogen-bond donors (Lipinski definition) is 1. The van der Waals surface area contributed by atoms with Crippen molar-refractivity contribution in [2.75, 3.05) is 13.1 Å². The molecule has 2 nitrogen and oxygen atoms in total. The van der Waals surface area contributed by atoms with Crippen molar-refractivity contribution in [3.63, 3.8) is 0 Å². The van der Waals surface area contributed by atoms with Crippen LogP contribution in [0.3, 0.4) is 0 Å². The summed E-state index contributed by atoms with van der Waals surface area (Å²) in [5.74, 6) is -0.00940. The summed E-state index contributed by atoms with van der Waals surface area (Å²) in [6, 6.07) is 6.97. The summed E-state index contributed by atoms with van der Waals surface area (Å²) in [6.45, 7) is 3.31. The molecule has 1 aliphatic rings. The number of alkyl halides is 1. The number of rotatable bonds is 3. The highest BCUT2D eigenvalue weighted by atomic mass is 19.1. The molecule has 0 radical (unpaired) electrons.